The highest BCUT2D eigenvalue weighted by molar-refractivity contribution is 5.83. The molecule has 0 aromatic carbocycles. The van der Waals surface area contributed by atoms with E-state index in [1.165, 1.54) is 25.7 Å². The van der Waals surface area contributed by atoms with Gasteiger partial charge in [-0.1, -0.05) is 19.8 Å². The van der Waals surface area contributed by atoms with Gasteiger partial charge in [-0.25, -0.2) is 4.98 Å². The molecule has 0 atom stereocenters. The lowest BCUT2D eigenvalue weighted by molar-refractivity contribution is 0.579. The number of aromatic nitrogens is 4. The van der Waals surface area contributed by atoms with Crippen molar-refractivity contribution in [2.24, 2.45) is 5.92 Å². The molecule has 1 aliphatic carbocycles. The lowest BCUT2D eigenvalue weighted by Crippen LogP contribution is -2.14. The summed E-state index contributed by atoms with van der Waals surface area (Å²) in [7, 11) is 0. The number of nitrogens with one attached hydrogen (secondary N) is 3. The first-order chi connectivity index (χ1) is 9.86. The summed E-state index contributed by atoms with van der Waals surface area (Å²) in [6.45, 7) is 3.98. The van der Waals surface area contributed by atoms with Crippen molar-refractivity contribution in [1.29, 1.82) is 0 Å². The summed E-state index contributed by atoms with van der Waals surface area (Å²) in [4.78, 5) is 16.3. The van der Waals surface area contributed by atoms with Crippen molar-refractivity contribution in [2.45, 2.75) is 39.0 Å². The molecule has 3 N–H and O–H groups in total. The number of anilines is 2. The van der Waals surface area contributed by atoms with E-state index in [0.717, 1.165) is 36.8 Å². The molecule has 0 spiro atoms. The minimum absolute atomic E-state index is 0.653. The van der Waals surface area contributed by atoms with E-state index in [1.54, 1.807) is 6.33 Å². The molecule has 6 nitrogen and oxygen atoms in total. The van der Waals surface area contributed by atoms with Crippen LogP contribution in [0.3, 0.4) is 0 Å². The van der Waals surface area contributed by atoms with Gasteiger partial charge in [0.2, 0.25) is 5.95 Å². The van der Waals surface area contributed by atoms with Crippen molar-refractivity contribution >= 4 is 22.9 Å². The molecule has 0 amide bonds. The highest BCUT2D eigenvalue weighted by Crippen LogP contribution is 2.26. The summed E-state index contributed by atoms with van der Waals surface area (Å²) >= 11 is 0. The number of hydrogen-bond acceptors (Lipinski definition) is 5. The molecular formula is C14H22N6. The van der Waals surface area contributed by atoms with Crippen LogP contribution >= 0.6 is 0 Å². The molecule has 1 fully saturated rings. The normalized spacial score (nSPS) is 15.8. The van der Waals surface area contributed by atoms with Crippen LogP contribution in [0.5, 0.6) is 0 Å². The van der Waals surface area contributed by atoms with E-state index in [0.29, 0.717) is 11.6 Å². The van der Waals surface area contributed by atoms with Gasteiger partial charge in [-0.15, -0.1) is 0 Å². The Bertz CT molecular complexity index is 558. The lowest BCUT2D eigenvalue weighted by atomic mass is 10.1. The van der Waals surface area contributed by atoms with Gasteiger partial charge in [0.1, 0.15) is 5.52 Å². The molecular weight excluding hydrogens is 252 g/mol. The second-order valence-corrected chi connectivity index (χ2v) is 5.46. The van der Waals surface area contributed by atoms with Crippen LogP contribution in [0.1, 0.15) is 39.0 Å². The second kappa shape index (κ2) is 6.07. The Morgan fingerprint density at radius 1 is 1.25 bits per heavy atom. The number of rotatable bonds is 6. The van der Waals surface area contributed by atoms with E-state index in [1.807, 2.05) is 0 Å². The molecule has 0 aliphatic heterocycles. The van der Waals surface area contributed by atoms with E-state index in [-0.39, 0.29) is 0 Å². The molecule has 0 unspecified atom stereocenters. The molecule has 2 aromatic heterocycles. The minimum atomic E-state index is 0.653. The number of aromatic amines is 1. The maximum Gasteiger partial charge on any atom is 0.226 e. The zero-order valence-electron chi connectivity index (χ0n) is 11.9. The number of fused-ring (bicyclic) bond motifs is 1. The number of hydrogen-bond donors (Lipinski definition) is 3. The third kappa shape index (κ3) is 2.84. The zero-order chi connectivity index (χ0) is 13.8. The molecule has 1 saturated carbocycles. The summed E-state index contributed by atoms with van der Waals surface area (Å²) in [6.07, 6.45) is 8.09. The molecule has 6 heteroatoms. The van der Waals surface area contributed by atoms with Crippen molar-refractivity contribution in [3.8, 4) is 0 Å². The van der Waals surface area contributed by atoms with Gasteiger partial charge in [-0.3, -0.25) is 0 Å². The molecule has 3 rings (SSSR count). The monoisotopic (exact) mass is 274 g/mol. The zero-order valence-corrected chi connectivity index (χ0v) is 11.9. The predicted molar refractivity (Wildman–Crippen MR) is 80.9 cm³/mol. The smallest absolute Gasteiger partial charge is 0.226 e. The van der Waals surface area contributed by atoms with Crippen LogP contribution in [0.15, 0.2) is 6.33 Å². The second-order valence-electron chi connectivity index (χ2n) is 5.46. The molecule has 2 aromatic rings. The Labute approximate surface area is 118 Å². The minimum Gasteiger partial charge on any atom is -0.368 e. The van der Waals surface area contributed by atoms with E-state index in [9.17, 15) is 0 Å². The van der Waals surface area contributed by atoms with E-state index < -0.39 is 0 Å². The van der Waals surface area contributed by atoms with Crippen molar-refractivity contribution in [3.63, 3.8) is 0 Å². The molecule has 0 radical (unpaired) electrons. The standard InChI is InChI=1S/C14H22N6/c1-2-7-15-14-19-12(11-13(20-14)18-9-17-11)16-8-10-5-3-4-6-10/h9-10H,2-8H2,1H3,(H3,15,16,17,18,19,20). The SMILES string of the molecule is CCCNc1nc(NCC2CCCC2)c2[nH]cnc2n1. The average molecular weight is 274 g/mol. The Hall–Kier alpha value is -1.85. The Kier molecular flexibility index (Phi) is 3.99. The van der Waals surface area contributed by atoms with Gasteiger partial charge in [0.15, 0.2) is 11.5 Å². The summed E-state index contributed by atoms with van der Waals surface area (Å²) in [5, 5.41) is 6.70. The fraction of sp³-hybridized carbons (Fsp3) is 0.643. The molecule has 1 aliphatic rings. The van der Waals surface area contributed by atoms with Gasteiger partial charge < -0.3 is 15.6 Å². The predicted octanol–water partition coefficient (Wildman–Crippen LogP) is 2.78. The Morgan fingerprint density at radius 3 is 2.90 bits per heavy atom. The van der Waals surface area contributed by atoms with E-state index >= 15 is 0 Å². The van der Waals surface area contributed by atoms with Crippen LogP contribution in [0.25, 0.3) is 11.2 Å². The van der Waals surface area contributed by atoms with Crippen LogP contribution in [0, 0.1) is 5.92 Å². The summed E-state index contributed by atoms with van der Waals surface area (Å²) in [5.74, 6) is 2.29. The van der Waals surface area contributed by atoms with Crippen LogP contribution in [-0.2, 0) is 0 Å². The first-order valence-electron chi connectivity index (χ1n) is 7.55. The summed E-state index contributed by atoms with van der Waals surface area (Å²) < 4.78 is 0. The maximum atomic E-state index is 4.57. The molecule has 20 heavy (non-hydrogen) atoms. The maximum absolute atomic E-state index is 4.57. The van der Waals surface area contributed by atoms with Crippen molar-refractivity contribution < 1.29 is 0 Å². The third-order valence-electron chi connectivity index (χ3n) is 3.85. The largest absolute Gasteiger partial charge is 0.368 e. The van der Waals surface area contributed by atoms with Crippen molar-refractivity contribution in [3.05, 3.63) is 6.33 Å². The van der Waals surface area contributed by atoms with Crippen molar-refractivity contribution in [1.82, 2.24) is 19.9 Å². The van der Waals surface area contributed by atoms with Crippen LogP contribution in [0.2, 0.25) is 0 Å². The van der Waals surface area contributed by atoms with Crippen molar-refractivity contribution in [2.75, 3.05) is 23.7 Å². The fourth-order valence-corrected chi connectivity index (χ4v) is 2.73. The number of H-pyrrole nitrogens is 1. The molecule has 0 bridgehead atoms. The number of nitrogens with zero attached hydrogens (tertiary/aromatic N) is 3. The van der Waals surface area contributed by atoms with Crippen LogP contribution in [-0.4, -0.2) is 33.0 Å². The number of imidazole rings is 1. The average Bonchev–Trinajstić information content (AvgIpc) is 3.13. The quantitative estimate of drug-likeness (QED) is 0.755. The van der Waals surface area contributed by atoms with E-state index in [2.05, 4.69) is 37.5 Å². The topological polar surface area (TPSA) is 78.5 Å². The van der Waals surface area contributed by atoms with Crippen LogP contribution < -0.4 is 10.6 Å². The molecule has 108 valence electrons. The van der Waals surface area contributed by atoms with Gasteiger partial charge in [0, 0.05) is 13.1 Å². The fourth-order valence-electron chi connectivity index (χ4n) is 2.73. The summed E-state index contributed by atoms with van der Waals surface area (Å²) in [5.41, 5.74) is 1.61. The summed E-state index contributed by atoms with van der Waals surface area (Å²) in [6, 6.07) is 0. The van der Waals surface area contributed by atoms with Gasteiger partial charge >= 0.3 is 0 Å². The highest BCUT2D eigenvalue weighted by atomic mass is 15.2. The van der Waals surface area contributed by atoms with Gasteiger partial charge in [0.05, 0.1) is 6.33 Å². The first-order valence-corrected chi connectivity index (χ1v) is 7.55. The van der Waals surface area contributed by atoms with E-state index in [4.69, 9.17) is 0 Å². The van der Waals surface area contributed by atoms with Crippen LogP contribution in [0.4, 0.5) is 11.8 Å². The Morgan fingerprint density at radius 2 is 2.10 bits per heavy atom. The van der Waals surface area contributed by atoms with Gasteiger partial charge in [-0.2, -0.15) is 9.97 Å². The third-order valence-corrected chi connectivity index (χ3v) is 3.85. The molecule has 2 heterocycles. The van der Waals surface area contributed by atoms with Gasteiger partial charge in [-0.05, 0) is 25.2 Å². The van der Waals surface area contributed by atoms with Gasteiger partial charge in [0.25, 0.3) is 0 Å². The Balaban J connectivity index is 1.77. The molecule has 0 saturated heterocycles. The first kappa shape index (κ1) is 13.1. The lowest BCUT2D eigenvalue weighted by Gasteiger charge is -2.12. The highest BCUT2D eigenvalue weighted by Gasteiger charge is 2.16.